The van der Waals surface area contributed by atoms with E-state index in [1.807, 2.05) is 13.1 Å². The van der Waals surface area contributed by atoms with E-state index in [9.17, 15) is 0 Å². The summed E-state index contributed by atoms with van der Waals surface area (Å²) in [4.78, 5) is 3.17. The van der Waals surface area contributed by atoms with E-state index in [1.54, 1.807) is 4.68 Å². The highest BCUT2D eigenvalue weighted by atomic mass is 15.5. The number of hydrogen-bond acceptors (Lipinski definition) is 3. The van der Waals surface area contributed by atoms with Gasteiger partial charge in [0, 0.05) is 11.7 Å². The van der Waals surface area contributed by atoms with Crippen LogP contribution in [0.25, 0.3) is 10.9 Å². The quantitative estimate of drug-likeness (QED) is 0.702. The molecule has 80 valence electrons. The van der Waals surface area contributed by atoms with Crippen molar-refractivity contribution in [2.75, 3.05) is 0 Å². The average molecular weight is 213 g/mol. The van der Waals surface area contributed by atoms with Crippen LogP contribution >= 0.6 is 0 Å². The molecule has 0 aliphatic carbocycles. The third-order valence-electron chi connectivity index (χ3n) is 2.66. The van der Waals surface area contributed by atoms with Gasteiger partial charge in [-0.25, -0.2) is 4.68 Å². The van der Waals surface area contributed by atoms with E-state index in [1.165, 1.54) is 10.9 Å². The van der Waals surface area contributed by atoms with Gasteiger partial charge in [-0.15, -0.1) is 5.10 Å². The second-order valence-corrected chi connectivity index (χ2v) is 3.78. The Kier molecular flexibility index (Phi) is 1.96. The number of H-pyrrole nitrogens is 1. The Morgan fingerprint density at radius 3 is 3.06 bits per heavy atom. The van der Waals surface area contributed by atoms with Crippen LogP contribution in [-0.4, -0.2) is 25.2 Å². The number of nitrogens with one attached hydrogen (secondary N) is 1. The van der Waals surface area contributed by atoms with Crippen LogP contribution in [0.15, 0.2) is 30.5 Å². The summed E-state index contributed by atoms with van der Waals surface area (Å²) in [6.45, 7) is 2.61. The molecular weight excluding hydrogens is 202 g/mol. The molecule has 0 bridgehead atoms. The highest BCUT2D eigenvalue weighted by molar-refractivity contribution is 5.79. The Balaban J connectivity index is 1.97. The Morgan fingerprint density at radius 1 is 1.31 bits per heavy atom. The van der Waals surface area contributed by atoms with E-state index in [0.29, 0.717) is 6.54 Å². The molecule has 0 fully saturated rings. The molecule has 0 aliphatic rings. The fourth-order valence-electron chi connectivity index (χ4n) is 1.77. The van der Waals surface area contributed by atoms with Crippen LogP contribution in [0.4, 0.5) is 0 Å². The zero-order valence-electron chi connectivity index (χ0n) is 8.88. The number of aromatic amines is 1. The van der Waals surface area contributed by atoms with Crippen LogP contribution in [0.3, 0.4) is 0 Å². The van der Waals surface area contributed by atoms with Gasteiger partial charge in [-0.05, 0) is 46.5 Å². The average Bonchev–Trinajstić information content (AvgIpc) is 2.88. The largest absolute Gasteiger partial charge is 0.361 e. The zero-order chi connectivity index (χ0) is 11.0. The fraction of sp³-hybridized carbons (Fsp3) is 0.182. The SMILES string of the molecule is Cc1nnnn1Cc1ccc2[nH]ccc2c1. The minimum Gasteiger partial charge on any atom is -0.361 e. The maximum atomic E-state index is 3.93. The monoisotopic (exact) mass is 213 g/mol. The topological polar surface area (TPSA) is 59.4 Å². The van der Waals surface area contributed by atoms with E-state index in [-0.39, 0.29) is 0 Å². The van der Waals surface area contributed by atoms with Gasteiger partial charge < -0.3 is 4.98 Å². The maximum absolute atomic E-state index is 3.93. The van der Waals surface area contributed by atoms with Crippen molar-refractivity contribution in [2.45, 2.75) is 13.5 Å². The van der Waals surface area contributed by atoms with Crippen molar-refractivity contribution in [2.24, 2.45) is 0 Å². The van der Waals surface area contributed by atoms with Crippen molar-refractivity contribution in [1.82, 2.24) is 25.2 Å². The summed E-state index contributed by atoms with van der Waals surface area (Å²) in [5, 5.41) is 12.6. The number of aryl methyl sites for hydroxylation is 1. The van der Waals surface area contributed by atoms with Crippen molar-refractivity contribution in [1.29, 1.82) is 0 Å². The van der Waals surface area contributed by atoms with Crippen LogP contribution < -0.4 is 0 Å². The minimum atomic E-state index is 0.708. The van der Waals surface area contributed by atoms with Crippen molar-refractivity contribution < 1.29 is 0 Å². The van der Waals surface area contributed by atoms with Crippen molar-refractivity contribution in [3.8, 4) is 0 Å². The molecule has 0 spiro atoms. The third kappa shape index (κ3) is 1.46. The highest BCUT2D eigenvalue weighted by Crippen LogP contribution is 2.14. The molecule has 0 saturated heterocycles. The summed E-state index contributed by atoms with van der Waals surface area (Å²) in [6.07, 6.45) is 1.94. The van der Waals surface area contributed by atoms with E-state index in [2.05, 4.69) is 44.8 Å². The Labute approximate surface area is 92.1 Å². The summed E-state index contributed by atoms with van der Waals surface area (Å²) < 4.78 is 1.79. The molecule has 5 nitrogen and oxygen atoms in total. The van der Waals surface area contributed by atoms with Gasteiger partial charge in [0.15, 0.2) is 0 Å². The molecule has 0 radical (unpaired) electrons. The van der Waals surface area contributed by atoms with Gasteiger partial charge in [-0.1, -0.05) is 6.07 Å². The van der Waals surface area contributed by atoms with Crippen molar-refractivity contribution in [3.63, 3.8) is 0 Å². The third-order valence-corrected chi connectivity index (χ3v) is 2.66. The van der Waals surface area contributed by atoms with Gasteiger partial charge in [0.25, 0.3) is 0 Å². The normalized spacial score (nSPS) is 11.1. The molecule has 3 rings (SSSR count). The van der Waals surface area contributed by atoms with Gasteiger partial charge in [0.2, 0.25) is 0 Å². The molecular formula is C11H11N5. The zero-order valence-corrected chi connectivity index (χ0v) is 8.88. The van der Waals surface area contributed by atoms with Crippen LogP contribution in [0.1, 0.15) is 11.4 Å². The summed E-state index contributed by atoms with van der Waals surface area (Å²) >= 11 is 0. The van der Waals surface area contributed by atoms with E-state index < -0.39 is 0 Å². The summed E-state index contributed by atoms with van der Waals surface area (Å²) in [6, 6.07) is 8.36. The predicted octanol–water partition coefficient (Wildman–Crippen LogP) is 1.51. The van der Waals surface area contributed by atoms with Gasteiger partial charge in [0.1, 0.15) is 5.82 Å². The number of benzene rings is 1. The predicted molar refractivity (Wildman–Crippen MR) is 60.0 cm³/mol. The molecule has 2 aromatic heterocycles. The molecule has 1 N–H and O–H groups in total. The van der Waals surface area contributed by atoms with E-state index in [4.69, 9.17) is 0 Å². The number of hydrogen-bond donors (Lipinski definition) is 1. The van der Waals surface area contributed by atoms with Gasteiger partial charge in [-0.3, -0.25) is 0 Å². The molecule has 3 aromatic rings. The molecule has 0 atom stereocenters. The number of nitrogens with zero attached hydrogens (tertiary/aromatic N) is 4. The van der Waals surface area contributed by atoms with Gasteiger partial charge >= 0.3 is 0 Å². The molecule has 2 heterocycles. The first kappa shape index (κ1) is 9.08. The smallest absolute Gasteiger partial charge is 0.148 e. The molecule has 0 aliphatic heterocycles. The lowest BCUT2D eigenvalue weighted by atomic mass is 10.1. The fourth-order valence-corrected chi connectivity index (χ4v) is 1.77. The van der Waals surface area contributed by atoms with E-state index >= 15 is 0 Å². The number of fused-ring (bicyclic) bond motifs is 1. The van der Waals surface area contributed by atoms with Crippen LogP contribution in [-0.2, 0) is 6.54 Å². The standard InChI is InChI=1S/C11H11N5/c1-8-13-14-15-16(8)7-9-2-3-11-10(6-9)4-5-12-11/h2-6,12H,7H2,1H3. The van der Waals surface area contributed by atoms with Crippen LogP contribution in [0.2, 0.25) is 0 Å². The second-order valence-electron chi connectivity index (χ2n) is 3.78. The molecule has 0 amide bonds. The van der Waals surface area contributed by atoms with E-state index in [0.717, 1.165) is 11.3 Å². The molecule has 0 saturated carbocycles. The molecule has 1 aromatic carbocycles. The summed E-state index contributed by atoms with van der Waals surface area (Å²) in [5.41, 5.74) is 2.35. The lowest BCUT2D eigenvalue weighted by Gasteiger charge is -2.02. The second kappa shape index (κ2) is 3.44. The van der Waals surface area contributed by atoms with Crippen molar-refractivity contribution in [3.05, 3.63) is 41.9 Å². The number of rotatable bonds is 2. The Hall–Kier alpha value is -2.17. The molecule has 0 unspecified atom stereocenters. The van der Waals surface area contributed by atoms with Gasteiger partial charge in [-0.2, -0.15) is 0 Å². The van der Waals surface area contributed by atoms with Crippen LogP contribution in [0, 0.1) is 6.92 Å². The van der Waals surface area contributed by atoms with Gasteiger partial charge in [0.05, 0.1) is 6.54 Å². The molecule has 16 heavy (non-hydrogen) atoms. The first-order valence-corrected chi connectivity index (χ1v) is 5.12. The van der Waals surface area contributed by atoms with Crippen molar-refractivity contribution >= 4 is 10.9 Å². The summed E-state index contributed by atoms with van der Waals surface area (Å²) in [7, 11) is 0. The number of aromatic nitrogens is 5. The van der Waals surface area contributed by atoms with Crippen LogP contribution in [0.5, 0.6) is 0 Å². The molecule has 5 heteroatoms. The summed E-state index contributed by atoms with van der Waals surface area (Å²) in [5.74, 6) is 0.828. The highest BCUT2D eigenvalue weighted by Gasteiger charge is 2.02. The first-order chi connectivity index (χ1) is 7.83. The number of tetrazole rings is 1. The first-order valence-electron chi connectivity index (χ1n) is 5.12. The maximum Gasteiger partial charge on any atom is 0.148 e. The Bertz CT molecular complexity index is 622. The lowest BCUT2D eigenvalue weighted by molar-refractivity contribution is 0.633. The lowest BCUT2D eigenvalue weighted by Crippen LogP contribution is -2.03. The minimum absolute atomic E-state index is 0.708. The Morgan fingerprint density at radius 2 is 2.25 bits per heavy atom.